The summed E-state index contributed by atoms with van der Waals surface area (Å²) in [6, 6.07) is 5.39. The molecular formula is C15H12FN3O3S. The largest absolute Gasteiger partial charge is 0.480 e. The summed E-state index contributed by atoms with van der Waals surface area (Å²) in [6.45, 7) is -0.443. The summed E-state index contributed by atoms with van der Waals surface area (Å²) in [5, 5.41) is 15.0. The number of ether oxygens (including phenoxy) is 1. The lowest BCUT2D eigenvalue weighted by Gasteiger charge is -2.03. The molecule has 3 heterocycles. The number of aryl methyl sites for hydroxylation is 1. The number of hydrogen-bond acceptors (Lipinski definition) is 6. The number of aromatic nitrogens is 3. The number of aromatic hydroxyl groups is 1. The molecule has 0 fully saturated rings. The van der Waals surface area contributed by atoms with Gasteiger partial charge in [0.2, 0.25) is 4.96 Å². The van der Waals surface area contributed by atoms with Gasteiger partial charge in [-0.3, -0.25) is 4.39 Å². The van der Waals surface area contributed by atoms with Crippen molar-refractivity contribution in [2.75, 3.05) is 13.8 Å². The van der Waals surface area contributed by atoms with E-state index in [4.69, 9.17) is 9.15 Å². The minimum Gasteiger partial charge on any atom is -0.480 e. The zero-order valence-electron chi connectivity index (χ0n) is 12.1. The van der Waals surface area contributed by atoms with Crippen LogP contribution in [0.2, 0.25) is 0 Å². The van der Waals surface area contributed by atoms with Crippen molar-refractivity contribution < 1.29 is 18.7 Å². The normalized spacial score (nSPS) is 11.6. The van der Waals surface area contributed by atoms with E-state index in [9.17, 15) is 9.50 Å². The Bertz CT molecular complexity index is 958. The molecule has 6 nitrogen and oxygen atoms in total. The van der Waals surface area contributed by atoms with Crippen LogP contribution in [0.1, 0.15) is 5.01 Å². The van der Waals surface area contributed by atoms with Crippen LogP contribution in [0.25, 0.3) is 27.3 Å². The van der Waals surface area contributed by atoms with E-state index >= 15 is 0 Å². The van der Waals surface area contributed by atoms with Crippen molar-refractivity contribution in [3.05, 3.63) is 29.4 Å². The van der Waals surface area contributed by atoms with Gasteiger partial charge in [-0.2, -0.15) is 5.10 Å². The molecule has 1 aliphatic heterocycles. The molecule has 0 saturated heterocycles. The Hall–Kier alpha value is -2.61. The molecule has 0 unspecified atom stereocenters. The number of methoxy groups -OCH3 is 1. The first-order valence-electron chi connectivity index (χ1n) is 6.90. The Kier molecular flexibility index (Phi) is 3.19. The number of alkyl halides is 1. The van der Waals surface area contributed by atoms with Gasteiger partial charge in [0.15, 0.2) is 0 Å². The second kappa shape index (κ2) is 5.24. The van der Waals surface area contributed by atoms with Crippen LogP contribution in [0.5, 0.6) is 11.9 Å². The van der Waals surface area contributed by atoms with Crippen LogP contribution in [-0.2, 0) is 6.42 Å². The summed E-state index contributed by atoms with van der Waals surface area (Å²) in [5.41, 5.74) is 2.98. The molecule has 0 saturated carbocycles. The molecular weight excluding hydrogens is 321 g/mol. The molecule has 118 valence electrons. The highest BCUT2D eigenvalue weighted by Gasteiger charge is 2.19. The average molecular weight is 333 g/mol. The lowest BCUT2D eigenvalue weighted by Crippen LogP contribution is -1.91. The smallest absolute Gasteiger partial charge is 0.292 e. The van der Waals surface area contributed by atoms with E-state index in [1.807, 2.05) is 6.07 Å². The summed E-state index contributed by atoms with van der Waals surface area (Å²) in [7, 11) is 1.47. The monoisotopic (exact) mass is 333 g/mol. The quantitative estimate of drug-likeness (QED) is 0.620. The van der Waals surface area contributed by atoms with E-state index in [0.717, 1.165) is 16.8 Å². The fraction of sp³-hybridized carbons (Fsp3) is 0.200. The van der Waals surface area contributed by atoms with Gasteiger partial charge in [-0.05, 0) is 17.7 Å². The van der Waals surface area contributed by atoms with Crippen LogP contribution >= 0.6 is 11.3 Å². The zero-order chi connectivity index (χ0) is 16.0. The van der Waals surface area contributed by atoms with Gasteiger partial charge in [0, 0.05) is 18.1 Å². The molecule has 2 aliphatic rings. The number of halogens is 1. The first-order chi connectivity index (χ1) is 11.2. The molecule has 8 heteroatoms. The number of imidazole rings is 1. The highest BCUT2D eigenvalue weighted by molar-refractivity contribution is 7.16. The number of hydrogen-bond donors (Lipinski definition) is 1. The fourth-order valence-electron chi connectivity index (χ4n) is 2.50. The van der Waals surface area contributed by atoms with Gasteiger partial charge in [0.1, 0.15) is 5.01 Å². The molecule has 2 aromatic heterocycles. The number of nitrogens with zero attached hydrogens (tertiary/aromatic N) is 3. The third-order valence-electron chi connectivity index (χ3n) is 3.56. The molecule has 0 amide bonds. The van der Waals surface area contributed by atoms with Gasteiger partial charge < -0.3 is 14.3 Å². The van der Waals surface area contributed by atoms with E-state index in [1.54, 1.807) is 22.8 Å². The van der Waals surface area contributed by atoms with Crippen molar-refractivity contribution in [1.82, 2.24) is 14.6 Å². The van der Waals surface area contributed by atoms with E-state index in [0.29, 0.717) is 15.5 Å². The van der Waals surface area contributed by atoms with Crippen molar-refractivity contribution in [2.45, 2.75) is 6.42 Å². The highest BCUT2D eigenvalue weighted by Crippen LogP contribution is 2.41. The van der Waals surface area contributed by atoms with Gasteiger partial charge in [0.25, 0.3) is 11.9 Å². The Morgan fingerprint density at radius 2 is 2.22 bits per heavy atom. The van der Waals surface area contributed by atoms with Crippen molar-refractivity contribution in [3.8, 4) is 34.3 Å². The lowest BCUT2D eigenvalue weighted by atomic mass is 10.2. The molecule has 0 radical (unpaired) electrons. The maximum absolute atomic E-state index is 12.5. The lowest BCUT2D eigenvalue weighted by molar-refractivity contribution is 0.243. The number of rotatable bonds is 4. The molecule has 1 aliphatic carbocycles. The van der Waals surface area contributed by atoms with Gasteiger partial charge in [-0.1, -0.05) is 11.3 Å². The summed E-state index contributed by atoms with van der Waals surface area (Å²) >= 11 is 1.37. The molecule has 0 aromatic carbocycles. The average Bonchev–Trinajstić information content (AvgIpc) is 3.20. The van der Waals surface area contributed by atoms with Crippen molar-refractivity contribution in [2.24, 2.45) is 0 Å². The highest BCUT2D eigenvalue weighted by atomic mass is 32.1. The Morgan fingerprint density at radius 1 is 1.35 bits per heavy atom. The Balaban J connectivity index is 1.86. The molecule has 1 N–H and O–H groups in total. The fourth-order valence-corrected chi connectivity index (χ4v) is 3.34. The Labute approximate surface area is 134 Å². The van der Waals surface area contributed by atoms with Crippen LogP contribution in [0, 0.1) is 0 Å². The molecule has 0 spiro atoms. The van der Waals surface area contributed by atoms with Gasteiger partial charge in [0.05, 0.1) is 31.2 Å². The van der Waals surface area contributed by atoms with Crippen molar-refractivity contribution >= 4 is 16.3 Å². The molecule has 0 atom stereocenters. The second-order valence-electron chi connectivity index (χ2n) is 4.96. The molecule has 0 bridgehead atoms. The number of fused-ring (bicyclic) bond motifs is 2. The van der Waals surface area contributed by atoms with E-state index in [1.165, 1.54) is 18.4 Å². The molecule has 4 rings (SSSR count). The maximum atomic E-state index is 12.5. The van der Waals surface area contributed by atoms with Gasteiger partial charge in [-0.25, -0.2) is 9.50 Å². The van der Waals surface area contributed by atoms with Crippen LogP contribution in [0.15, 0.2) is 28.8 Å². The third kappa shape index (κ3) is 2.22. The first-order valence-corrected chi connectivity index (χ1v) is 7.71. The summed E-state index contributed by atoms with van der Waals surface area (Å²) in [5.74, 6) is 0.0206. The SMILES string of the molecule is COc1cc2cc(-c3cnc4sc(CCF)nn34)cc-2c(O)o1. The maximum Gasteiger partial charge on any atom is 0.292 e. The minimum absolute atomic E-state index is 0.206. The summed E-state index contributed by atoms with van der Waals surface area (Å²) in [4.78, 5) is 5.02. The zero-order valence-corrected chi connectivity index (χ0v) is 12.9. The third-order valence-corrected chi connectivity index (χ3v) is 4.54. The van der Waals surface area contributed by atoms with Crippen LogP contribution in [0.3, 0.4) is 0 Å². The minimum atomic E-state index is -0.443. The van der Waals surface area contributed by atoms with Crippen LogP contribution < -0.4 is 4.74 Å². The Morgan fingerprint density at radius 3 is 3.00 bits per heavy atom. The van der Waals surface area contributed by atoms with E-state index < -0.39 is 6.67 Å². The van der Waals surface area contributed by atoms with E-state index in [-0.39, 0.29) is 18.3 Å². The molecule has 2 aromatic rings. The van der Waals surface area contributed by atoms with Crippen molar-refractivity contribution in [3.63, 3.8) is 0 Å². The van der Waals surface area contributed by atoms with E-state index in [2.05, 4.69) is 10.1 Å². The van der Waals surface area contributed by atoms with Gasteiger partial charge >= 0.3 is 0 Å². The van der Waals surface area contributed by atoms with Gasteiger partial charge in [-0.15, -0.1) is 0 Å². The van der Waals surface area contributed by atoms with Crippen LogP contribution in [-0.4, -0.2) is 33.5 Å². The topological polar surface area (TPSA) is 72.8 Å². The summed E-state index contributed by atoms with van der Waals surface area (Å²) in [6.07, 6.45) is 1.99. The predicted octanol–water partition coefficient (Wildman–Crippen LogP) is 3.38. The molecule has 23 heavy (non-hydrogen) atoms. The predicted molar refractivity (Wildman–Crippen MR) is 83.1 cm³/mol. The first kappa shape index (κ1) is 14.0. The second-order valence-corrected chi connectivity index (χ2v) is 6.00. The van der Waals surface area contributed by atoms with Crippen LogP contribution in [0.4, 0.5) is 4.39 Å². The van der Waals surface area contributed by atoms with Crippen molar-refractivity contribution in [1.29, 1.82) is 0 Å². The summed E-state index contributed by atoms with van der Waals surface area (Å²) < 4.78 is 24.3. The standard InChI is InChI=1S/C15H12FN3O3S/c1-21-13-6-8-4-9(5-10(8)14(20)22-13)11-7-17-15-19(11)18-12(23-15)2-3-16/h4-7,20H,2-3H2,1H3.